The number of halogens is 3. The van der Waals surface area contributed by atoms with E-state index in [0.29, 0.717) is 17.9 Å². The number of benzene rings is 1. The molecule has 0 unspecified atom stereocenters. The molecule has 2 aromatic rings. The van der Waals surface area contributed by atoms with Crippen molar-refractivity contribution in [1.29, 1.82) is 0 Å². The monoisotopic (exact) mass is 438 g/mol. The molecule has 1 heterocycles. The Balaban J connectivity index is 1.49. The Morgan fingerprint density at radius 1 is 1.16 bits per heavy atom. The summed E-state index contributed by atoms with van der Waals surface area (Å²) in [7, 11) is 0. The first-order valence-corrected chi connectivity index (χ1v) is 9.53. The molecule has 3 atom stereocenters. The average Bonchev–Trinajstić information content (AvgIpc) is 3.52. The molecule has 1 saturated carbocycles. The third-order valence-corrected chi connectivity index (χ3v) is 4.76. The van der Waals surface area contributed by atoms with Gasteiger partial charge >= 0.3 is 12.1 Å². The molecule has 0 spiro atoms. The van der Waals surface area contributed by atoms with Crippen LogP contribution in [0.5, 0.6) is 11.5 Å². The minimum absolute atomic E-state index is 0.00219. The first-order chi connectivity index (χ1) is 14.6. The second-order valence-corrected chi connectivity index (χ2v) is 7.25. The maximum absolute atomic E-state index is 12.5. The number of ether oxygens (including phenoxy) is 2. The van der Waals surface area contributed by atoms with Gasteiger partial charge in [0, 0.05) is 5.92 Å². The summed E-state index contributed by atoms with van der Waals surface area (Å²) >= 11 is 0. The third-order valence-electron chi connectivity index (χ3n) is 4.76. The molecular weight excluding hydrogens is 417 g/mol. The summed E-state index contributed by atoms with van der Waals surface area (Å²) in [6, 6.07) is 9.42. The van der Waals surface area contributed by atoms with Gasteiger partial charge in [0.05, 0.1) is 17.9 Å². The van der Waals surface area contributed by atoms with Crippen molar-refractivity contribution in [3.63, 3.8) is 0 Å². The van der Waals surface area contributed by atoms with Crippen LogP contribution in [0.2, 0.25) is 0 Å². The number of hydrogen-bond acceptors (Lipinski definition) is 5. The number of aromatic nitrogens is 1. The molecule has 1 aromatic heterocycles. The van der Waals surface area contributed by atoms with Gasteiger partial charge in [-0.05, 0) is 49.1 Å². The van der Waals surface area contributed by atoms with Crippen LogP contribution in [0.4, 0.5) is 13.2 Å². The molecule has 0 aliphatic heterocycles. The van der Waals surface area contributed by atoms with Gasteiger partial charge in [-0.1, -0.05) is 12.1 Å². The Bertz CT molecular complexity index is 916. The Labute approximate surface area is 176 Å². The molecule has 1 aromatic carbocycles. The summed E-state index contributed by atoms with van der Waals surface area (Å²) in [5.41, 5.74) is 1.46. The van der Waals surface area contributed by atoms with Crippen molar-refractivity contribution in [2.75, 3.05) is 13.2 Å². The Morgan fingerprint density at radius 3 is 2.42 bits per heavy atom. The largest absolute Gasteiger partial charge is 0.483 e. The normalized spacial score (nSPS) is 18.7. The predicted octanol–water partition coefficient (Wildman–Crippen LogP) is 3.47. The van der Waals surface area contributed by atoms with Crippen LogP contribution in [0.3, 0.4) is 0 Å². The minimum Gasteiger partial charge on any atom is -0.483 e. The maximum Gasteiger partial charge on any atom is 0.422 e. The molecule has 2 N–H and O–H groups in total. The lowest BCUT2D eigenvalue weighted by molar-refractivity contribution is -0.153. The van der Waals surface area contributed by atoms with E-state index in [1.807, 2.05) is 0 Å². The van der Waals surface area contributed by atoms with Crippen LogP contribution in [0.1, 0.15) is 36.6 Å². The number of hydrogen-bond donors (Lipinski definition) is 2. The number of carbonyl (C=O) groups excluding carboxylic acids is 1. The van der Waals surface area contributed by atoms with Gasteiger partial charge in [0.2, 0.25) is 5.91 Å². The van der Waals surface area contributed by atoms with Gasteiger partial charge < -0.3 is 19.9 Å². The molecule has 1 fully saturated rings. The van der Waals surface area contributed by atoms with Crippen LogP contribution in [-0.2, 0) is 9.59 Å². The number of rotatable bonds is 9. The van der Waals surface area contributed by atoms with Crippen molar-refractivity contribution >= 4 is 11.9 Å². The van der Waals surface area contributed by atoms with Crippen molar-refractivity contribution < 1.29 is 37.3 Å². The molecular formula is C21H21F3N2O5. The standard InChI is InChI=1S/C21H21F3N2O5/c1-12(18-7-6-15(9-25-18)31-11-21(22,23)24)26-20(29)17-8-16(17)13-2-4-14(5-3-13)30-10-19(27)28/h2-7,9,12,16-17H,8,10-11H2,1H3,(H,26,29)(H,27,28)/t12-,16-,17-/m1/s1. The summed E-state index contributed by atoms with van der Waals surface area (Å²) in [5, 5.41) is 11.5. The number of carbonyl (C=O) groups is 2. The van der Waals surface area contributed by atoms with Gasteiger partial charge in [0.15, 0.2) is 13.2 Å². The lowest BCUT2D eigenvalue weighted by Gasteiger charge is -2.14. The van der Waals surface area contributed by atoms with Crippen molar-refractivity contribution in [3.05, 3.63) is 53.9 Å². The van der Waals surface area contributed by atoms with Gasteiger partial charge in [-0.15, -0.1) is 0 Å². The number of nitrogens with zero attached hydrogens (tertiary/aromatic N) is 1. The molecule has 1 aliphatic carbocycles. The van der Waals surface area contributed by atoms with E-state index in [0.717, 1.165) is 5.56 Å². The first kappa shape index (κ1) is 22.4. The molecule has 0 radical (unpaired) electrons. The summed E-state index contributed by atoms with van der Waals surface area (Å²) in [6.07, 6.45) is -2.55. The molecule has 0 bridgehead atoms. The highest BCUT2D eigenvalue weighted by molar-refractivity contribution is 5.83. The average molecular weight is 438 g/mol. The molecule has 7 nitrogen and oxygen atoms in total. The van der Waals surface area contributed by atoms with E-state index < -0.39 is 31.4 Å². The van der Waals surface area contributed by atoms with Crippen molar-refractivity contribution in [2.45, 2.75) is 31.5 Å². The van der Waals surface area contributed by atoms with E-state index in [-0.39, 0.29) is 23.5 Å². The zero-order valence-corrected chi connectivity index (χ0v) is 16.6. The minimum atomic E-state index is -4.42. The molecule has 3 rings (SSSR count). The van der Waals surface area contributed by atoms with Gasteiger partial charge in [0.1, 0.15) is 11.5 Å². The van der Waals surface area contributed by atoms with Crippen LogP contribution < -0.4 is 14.8 Å². The fraction of sp³-hybridized carbons (Fsp3) is 0.381. The quantitative estimate of drug-likeness (QED) is 0.622. The lowest BCUT2D eigenvalue weighted by Crippen LogP contribution is -2.29. The number of alkyl halides is 3. The molecule has 1 aliphatic rings. The Kier molecular flexibility index (Phi) is 6.67. The highest BCUT2D eigenvalue weighted by Crippen LogP contribution is 2.48. The molecule has 31 heavy (non-hydrogen) atoms. The van der Waals surface area contributed by atoms with Gasteiger partial charge in [-0.3, -0.25) is 9.78 Å². The highest BCUT2D eigenvalue weighted by Gasteiger charge is 2.44. The van der Waals surface area contributed by atoms with Crippen LogP contribution >= 0.6 is 0 Å². The summed E-state index contributed by atoms with van der Waals surface area (Å²) in [6.45, 7) is -0.0757. The summed E-state index contributed by atoms with van der Waals surface area (Å²) in [4.78, 5) is 27.1. The molecule has 166 valence electrons. The van der Waals surface area contributed by atoms with E-state index in [1.165, 1.54) is 18.3 Å². The maximum atomic E-state index is 12.5. The van der Waals surface area contributed by atoms with Crippen molar-refractivity contribution in [2.24, 2.45) is 5.92 Å². The summed E-state index contributed by atoms with van der Waals surface area (Å²) < 4.78 is 46.3. The van der Waals surface area contributed by atoms with Gasteiger partial charge in [-0.25, -0.2) is 4.79 Å². The second-order valence-electron chi connectivity index (χ2n) is 7.25. The van der Waals surface area contributed by atoms with E-state index in [4.69, 9.17) is 9.84 Å². The molecule has 10 heteroatoms. The van der Waals surface area contributed by atoms with Gasteiger partial charge in [-0.2, -0.15) is 13.2 Å². The lowest BCUT2D eigenvalue weighted by atomic mass is 10.1. The van der Waals surface area contributed by atoms with Crippen LogP contribution in [0.25, 0.3) is 0 Å². The van der Waals surface area contributed by atoms with E-state index in [9.17, 15) is 22.8 Å². The zero-order chi connectivity index (χ0) is 22.6. The zero-order valence-electron chi connectivity index (χ0n) is 16.6. The Morgan fingerprint density at radius 2 is 1.84 bits per heavy atom. The van der Waals surface area contributed by atoms with Crippen molar-refractivity contribution in [3.8, 4) is 11.5 Å². The van der Waals surface area contributed by atoms with E-state index in [2.05, 4.69) is 15.0 Å². The number of pyridine rings is 1. The van der Waals surface area contributed by atoms with Gasteiger partial charge in [0.25, 0.3) is 0 Å². The summed E-state index contributed by atoms with van der Waals surface area (Å²) in [5.74, 6) is -0.889. The smallest absolute Gasteiger partial charge is 0.422 e. The molecule has 1 amide bonds. The third kappa shape index (κ3) is 6.59. The van der Waals surface area contributed by atoms with Crippen molar-refractivity contribution in [1.82, 2.24) is 10.3 Å². The Hall–Kier alpha value is -3.30. The van der Waals surface area contributed by atoms with Crippen LogP contribution in [0, 0.1) is 5.92 Å². The number of nitrogens with one attached hydrogen (secondary N) is 1. The first-order valence-electron chi connectivity index (χ1n) is 9.53. The number of carboxylic acid groups (broad SMARTS) is 1. The number of carboxylic acids is 1. The molecule has 0 saturated heterocycles. The van der Waals surface area contributed by atoms with E-state index >= 15 is 0 Å². The topological polar surface area (TPSA) is 97.8 Å². The predicted molar refractivity (Wildman–Crippen MR) is 103 cm³/mol. The van der Waals surface area contributed by atoms with Crippen LogP contribution in [-0.4, -0.2) is 41.4 Å². The number of amides is 1. The van der Waals surface area contributed by atoms with Crippen LogP contribution in [0.15, 0.2) is 42.6 Å². The SMILES string of the molecule is C[C@@H](NC(=O)[C@@H]1C[C@@H]1c1ccc(OCC(=O)O)cc1)c1ccc(OCC(F)(F)F)cn1. The fourth-order valence-corrected chi connectivity index (χ4v) is 3.10. The highest BCUT2D eigenvalue weighted by atomic mass is 19.4. The second kappa shape index (κ2) is 9.23. The number of aliphatic carboxylic acids is 1. The van der Waals surface area contributed by atoms with E-state index in [1.54, 1.807) is 31.2 Å². The fourth-order valence-electron chi connectivity index (χ4n) is 3.10.